The zero-order chi connectivity index (χ0) is 15.7. The van der Waals surface area contributed by atoms with Crippen LogP contribution in [0.15, 0.2) is 24.3 Å². The van der Waals surface area contributed by atoms with Crippen molar-refractivity contribution in [1.29, 1.82) is 0 Å². The Labute approximate surface area is 132 Å². The number of rotatable bonds is 3. The molecule has 3 nitrogen and oxygen atoms in total. The Bertz CT molecular complexity index is 580. The van der Waals surface area contributed by atoms with Gasteiger partial charge in [-0.3, -0.25) is 0 Å². The highest BCUT2D eigenvalue weighted by Crippen LogP contribution is 2.37. The van der Waals surface area contributed by atoms with Gasteiger partial charge >= 0.3 is 5.97 Å². The van der Waals surface area contributed by atoms with Gasteiger partial charge in [0.15, 0.2) is 0 Å². The van der Waals surface area contributed by atoms with E-state index >= 15 is 0 Å². The third-order valence-electron chi connectivity index (χ3n) is 4.93. The van der Waals surface area contributed by atoms with Gasteiger partial charge in [-0.25, -0.2) is 4.79 Å². The second-order valence-electron chi connectivity index (χ2n) is 6.31. The number of aliphatic hydroxyl groups is 1. The lowest BCUT2D eigenvalue weighted by Gasteiger charge is -2.36. The first kappa shape index (κ1) is 15.3. The van der Waals surface area contributed by atoms with Gasteiger partial charge in [-0.2, -0.15) is 0 Å². The fraction of sp³-hybridized carbons (Fsp3) is 0.526. The summed E-state index contributed by atoms with van der Waals surface area (Å²) in [5.41, 5.74) is 4.13. The first-order chi connectivity index (χ1) is 10.6. The van der Waals surface area contributed by atoms with Crippen molar-refractivity contribution in [2.75, 3.05) is 0 Å². The van der Waals surface area contributed by atoms with Crippen LogP contribution in [0.2, 0.25) is 0 Å². The summed E-state index contributed by atoms with van der Waals surface area (Å²) in [6, 6.07) is 6.23. The summed E-state index contributed by atoms with van der Waals surface area (Å²) in [7, 11) is 0. The lowest BCUT2D eigenvalue weighted by atomic mass is 9.80. The summed E-state index contributed by atoms with van der Waals surface area (Å²) < 4.78 is 5.69. The average molecular weight is 300 g/mol. The SMILES string of the molecule is CCc1cccc(CC)c1C1=CC2C[C@@H](O)CCC2OC1=O. The molecule has 0 aromatic heterocycles. The van der Waals surface area contributed by atoms with E-state index in [4.69, 9.17) is 4.74 Å². The van der Waals surface area contributed by atoms with Crippen molar-refractivity contribution in [2.45, 2.75) is 58.2 Å². The standard InChI is InChI=1S/C19H24O3/c1-3-12-6-5-7-13(4-2)18(12)16-11-14-10-15(20)8-9-17(14)22-19(16)21/h5-7,11,14-15,17,20H,3-4,8-10H2,1-2H3/t14?,15-,17?/m0/s1. The van der Waals surface area contributed by atoms with Crippen molar-refractivity contribution in [3.05, 3.63) is 41.0 Å². The van der Waals surface area contributed by atoms with Crippen molar-refractivity contribution in [3.63, 3.8) is 0 Å². The van der Waals surface area contributed by atoms with Gasteiger partial charge in [0.1, 0.15) is 6.10 Å². The van der Waals surface area contributed by atoms with Crippen LogP contribution in [0.25, 0.3) is 5.57 Å². The van der Waals surface area contributed by atoms with Gasteiger partial charge in [0.05, 0.1) is 11.7 Å². The molecular weight excluding hydrogens is 276 g/mol. The van der Waals surface area contributed by atoms with E-state index in [0.717, 1.165) is 31.2 Å². The zero-order valence-electron chi connectivity index (χ0n) is 13.3. The van der Waals surface area contributed by atoms with Gasteiger partial charge in [-0.05, 0) is 48.8 Å². The summed E-state index contributed by atoms with van der Waals surface area (Å²) in [5, 5.41) is 9.90. The van der Waals surface area contributed by atoms with Gasteiger partial charge < -0.3 is 9.84 Å². The number of esters is 1. The maximum Gasteiger partial charge on any atom is 0.338 e. The zero-order valence-corrected chi connectivity index (χ0v) is 13.3. The van der Waals surface area contributed by atoms with E-state index in [-0.39, 0.29) is 24.1 Å². The summed E-state index contributed by atoms with van der Waals surface area (Å²) in [6.45, 7) is 4.22. The Morgan fingerprint density at radius 1 is 1.18 bits per heavy atom. The minimum absolute atomic E-state index is 0.0569. The predicted molar refractivity (Wildman–Crippen MR) is 86.4 cm³/mol. The molecule has 3 atom stereocenters. The number of fused-ring (bicyclic) bond motifs is 1. The van der Waals surface area contributed by atoms with Crippen molar-refractivity contribution in [2.24, 2.45) is 5.92 Å². The summed E-state index contributed by atoms with van der Waals surface area (Å²) in [6.07, 6.45) is 5.70. The molecule has 2 aliphatic rings. The van der Waals surface area contributed by atoms with Crippen LogP contribution in [-0.4, -0.2) is 23.3 Å². The molecule has 1 aliphatic heterocycles. The molecule has 1 aliphatic carbocycles. The highest BCUT2D eigenvalue weighted by atomic mass is 16.5. The van der Waals surface area contributed by atoms with E-state index in [1.54, 1.807) is 0 Å². The first-order valence-corrected chi connectivity index (χ1v) is 8.36. The number of ether oxygens (including phenoxy) is 1. The molecule has 0 spiro atoms. The van der Waals surface area contributed by atoms with Crippen molar-refractivity contribution in [3.8, 4) is 0 Å². The largest absolute Gasteiger partial charge is 0.458 e. The lowest BCUT2D eigenvalue weighted by Crippen LogP contribution is -2.38. The maximum atomic E-state index is 12.5. The topological polar surface area (TPSA) is 46.5 Å². The molecule has 1 N–H and O–H groups in total. The van der Waals surface area contributed by atoms with E-state index < -0.39 is 0 Å². The quantitative estimate of drug-likeness (QED) is 0.871. The average Bonchev–Trinajstić information content (AvgIpc) is 2.53. The second-order valence-corrected chi connectivity index (χ2v) is 6.31. The summed E-state index contributed by atoms with van der Waals surface area (Å²) in [4.78, 5) is 12.5. The minimum atomic E-state index is -0.275. The van der Waals surface area contributed by atoms with E-state index in [9.17, 15) is 9.90 Å². The summed E-state index contributed by atoms with van der Waals surface area (Å²) >= 11 is 0. The highest BCUT2D eigenvalue weighted by molar-refractivity contribution is 6.18. The van der Waals surface area contributed by atoms with Crippen LogP contribution >= 0.6 is 0 Å². The van der Waals surface area contributed by atoms with Crippen LogP contribution in [0.1, 0.15) is 49.8 Å². The van der Waals surface area contributed by atoms with Gasteiger partial charge in [0.25, 0.3) is 0 Å². The number of aryl methyl sites for hydroxylation is 2. The maximum absolute atomic E-state index is 12.5. The van der Waals surface area contributed by atoms with Crippen molar-refractivity contribution >= 4 is 11.5 Å². The van der Waals surface area contributed by atoms with Crippen molar-refractivity contribution in [1.82, 2.24) is 0 Å². The molecule has 1 aromatic carbocycles. The van der Waals surface area contributed by atoms with Crippen LogP contribution in [0.5, 0.6) is 0 Å². The van der Waals surface area contributed by atoms with Gasteiger partial charge in [0.2, 0.25) is 0 Å². The Morgan fingerprint density at radius 3 is 2.50 bits per heavy atom. The normalized spacial score (nSPS) is 27.9. The molecule has 118 valence electrons. The lowest BCUT2D eigenvalue weighted by molar-refractivity contribution is -0.148. The van der Waals surface area contributed by atoms with Crippen LogP contribution in [0.4, 0.5) is 0 Å². The Morgan fingerprint density at radius 2 is 1.86 bits per heavy atom. The van der Waals surface area contributed by atoms with Crippen molar-refractivity contribution < 1.29 is 14.6 Å². The van der Waals surface area contributed by atoms with E-state index in [0.29, 0.717) is 12.0 Å². The molecule has 3 rings (SSSR count). The third kappa shape index (κ3) is 2.70. The van der Waals surface area contributed by atoms with E-state index in [1.807, 2.05) is 0 Å². The monoisotopic (exact) mass is 300 g/mol. The number of hydrogen-bond acceptors (Lipinski definition) is 3. The first-order valence-electron chi connectivity index (χ1n) is 8.36. The highest BCUT2D eigenvalue weighted by Gasteiger charge is 2.37. The number of benzene rings is 1. The molecule has 0 radical (unpaired) electrons. The molecule has 2 unspecified atom stereocenters. The molecule has 0 amide bonds. The Balaban J connectivity index is 2.05. The molecule has 3 heteroatoms. The fourth-order valence-corrected chi connectivity index (χ4v) is 3.73. The molecule has 0 saturated heterocycles. The molecule has 0 bridgehead atoms. The second kappa shape index (κ2) is 6.25. The molecular formula is C19H24O3. The van der Waals surface area contributed by atoms with Crippen LogP contribution in [0.3, 0.4) is 0 Å². The molecule has 1 aromatic rings. The van der Waals surface area contributed by atoms with Crippen LogP contribution < -0.4 is 0 Å². The smallest absolute Gasteiger partial charge is 0.338 e. The van der Waals surface area contributed by atoms with E-state index in [1.165, 1.54) is 11.1 Å². The van der Waals surface area contributed by atoms with Gasteiger partial charge in [0, 0.05) is 5.92 Å². The Kier molecular flexibility index (Phi) is 4.34. The van der Waals surface area contributed by atoms with E-state index in [2.05, 4.69) is 38.1 Å². The van der Waals surface area contributed by atoms with Gasteiger partial charge in [-0.1, -0.05) is 38.1 Å². The molecule has 1 heterocycles. The molecule has 1 saturated carbocycles. The van der Waals surface area contributed by atoms with Gasteiger partial charge in [-0.15, -0.1) is 0 Å². The number of aliphatic hydroxyl groups excluding tert-OH is 1. The Hall–Kier alpha value is -1.61. The van der Waals surface area contributed by atoms with Crippen LogP contribution in [-0.2, 0) is 22.4 Å². The van der Waals surface area contributed by atoms with Crippen LogP contribution in [0, 0.1) is 5.92 Å². The molecule has 22 heavy (non-hydrogen) atoms. The molecule has 1 fully saturated rings. The number of hydrogen-bond donors (Lipinski definition) is 1. The number of carbonyl (C=O) groups excluding carboxylic acids is 1. The number of carbonyl (C=O) groups is 1. The third-order valence-corrected chi connectivity index (χ3v) is 4.93. The summed E-state index contributed by atoms with van der Waals surface area (Å²) in [5.74, 6) is -0.0562. The predicted octanol–water partition coefficient (Wildman–Crippen LogP) is 3.28. The fourth-order valence-electron chi connectivity index (χ4n) is 3.73. The minimum Gasteiger partial charge on any atom is -0.458 e.